The van der Waals surface area contributed by atoms with E-state index in [0.717, 1.165) is 0 Å². The number of rotatable bonds is 4. The molecular formula is C12H16O5S. The van der Waals surface area contributed by atoms with Crippen LogP contribution in [0.25, 0.3) is 0 Å². The molecule has 18 heavy (non-hydrogen) atoms. The van der Waals surface area contributed by atoms with Crippen LogP contribution in [0.1, 0.15) is 6.92 Å². The maximum absolute atomic E-state index is 11.4. The molecule has 1 aromatic rings. The third kappa shape index (κ3) is 2.94. The van der Waals surface area contributed by atoms with Crippen LogP contribution in [0.5, 0.6) is 11.5 Å². The first kappa shape index (κ1) is 13.2. The van der Waals surface area contributed by atoms with Crippen molar-refractivity contribution in [3.05, 3.63) is 24.3 Å². The molecule has 0 amide bonds. The molecule has 0 saturated carbocycles. The minimum absolute atomic E-state index is 0.158. The number of aliphatic hydroxyl groups excluding tert-OH is 1. The third-order valence-corrected chi connectivity index (χ3v) is 4.39. The van der Waals surface area contributed by atoms with Gasteiger partial charge in [0.2, 0.25) is 0 Å². The Bertz CT molecular complexity index is 511. The molecule has 0 aliphatic carbocycles. The van der Waals surface area contributed by atoms with E-state index >= 15 is 0 Å². The Morgan fingerprint density at radius 2 is 1.94 bits per heavy atom. The van der Waals surface area contributed by atoms with E-state index < -0.39 is 22.0 Å². The molecule has 1 N–H and O–H groups in total. The molecule has 2 unspecified atom stereocenters. The van der Waals surface area contributed by atoms with Crippen molar-refractivity contribution in [2.75, 3.05) is 18.1 Å². The Morgan fingerprint density at radius 3 is 2.50 bits per heavy atom. The molecule has 1 aliphatic rings. The zero-order valence-corrected chi connectivity index (χ0v) is 10.9. The van der Waals surface area contributed by atoms with Crippen molar-refractivity contribution >= 4 is 9.84 Å². The molecule has 5 nitrogen and oxygen atoms in total. The quantitative estimate of drug-likeness (QED) is 0.870. The van der Waals surface area contributed by atoms with Gasteiger partial charge in [-0.15, -0.1) is 0 Å². The standard InChI is InChI=1S/C12H16O5S/c1-2-16-10-5-3-4-6-11(10)17-12-8-18(14,15)7-9(12)13/h3-6,9,12-13H,2,7-8H2,1H3. The van der Waals surface area contributed by atoms with Gasteiger partial charge in [0.05, 0.1) is 18.1 Å². The summed E-state index contributed by atoms with van der Waals surface area (Å²) < 4.78 is 33.7. The van der Waals surface area contributed by atoms with E-state index in [0.29, 0.717) is 18.1 Å². The highest BCUT2D eigenvalue weighted by atomic mass is 32.2. The smallest absolute Gasteiger partial charge is 0.161 e. The molecule has 6 heteroatoms. The first-order valence-electron chi connectivity index (χ1n) is 5.79. The number of benzene rings is 1. The van der Waals surface area contributed by atoms with Crippen LogP contribution in [-0.2, 0) is 9.84 Å². The van der Waals surface area contributed by atoms with Gasteiger partial charge in [-0.1, -0.05) is 12.1 Å². The molecule has 100 valence electrons. The summed E-state index contributed by atoms with van der Waals surface area (Å²) in [5.41, 5.74) is 0. The van der Waals surface area contributed by atoms with E-state index in [9.17, 15) is 13.5 Å². The first-order chi connectivity index (χ1) is 8.52. The molecule has 1 aromatic carbocycles. The Kier molecular flexibility index (Phi) is 3.77. The average molecular weight is 272 g/mol. The van der Waals surface area contributed by atoms with Gasteiger partial charge in [0, 0.05) is 0 Å². The van der Waals surface area contributed by atoms with Crippen molar-refractivity contribution in [3.8, 4) is 11.5 Å². The predicted octanol–water partition coefficient (Wildman–Crippen LogP) is 0.622. The highest BCUT2D eigenvalue weighted by Crippen LogP contribution is 2.29. The van der Waals surface area contributed by atoms with Crippen molar-refractivity contribution in [3.63, 3.8) is 0 Å². The van der Waals surface area contributed by atoms with Crippen LogP contribution in [0, 0.1) is 0 Å². The van der Waals surface area contributed by atoms with E-state index in [2.05, 4.69) is 0 Å². The average Bonchev–Trinajstić information content (AvgIpc) is 2.55. The number of para-hydroxylation sites is 2. The minimum Gasteiger partial charge on any atom is -0.490 e. The van der Waals surface area contributed by atoms with Crippen molar-refractivity contribution in [1.29, 1.82) is 0 Å². The molecule has 0 radical (unpaired) electrons. The van der Waals surface area contributed by atoms with Crippen LogP contribution in [0.4, 0.5) is 0 Å². The molecule has 1 heterocycles. The van der Waals surface area contributed by atoms with Crippen LogP contribution in [0.15, 0.2) is 24.3 Å². The monoisotopic (exact) mass is 272 g/mol. The Hall–Kier alpha value is -1.27. The molecule has 0 spiro atoms. The van der Waals surface area contributed by atoms with Crippen molar-refractivity contribution in [2.45, 2.75) is 19.1 Å². The van der Waals surface area contributed by atoms with Gasteiger partial charge in [0.1, 0.15) is 12.2 Å². The maximum Gasteiger partial charge on any atom is 0.161 e. The van der Waals surface area contributed by atoms with Crippen LogP contribution in [0.2, 0.25) is 0 Å². The van der Waals surface area contributed by atoms with E-state index in [1.807, 2.05) is 6.92 Å². The van der Waals surface area contributed by atoms with Gasteiger partial charge < -0.3 is 14.6 Å². The highest BCUT2D eigenvalue weighted by molar-refractivity contribution is 7.91. The normalized spacial score (nSPS) is 25.9. The van der Waals surface area contributed by atoms with E-state index in [1.165, 1.54) is 0 Å². The molecule has 0 bridgehead atoms. The zero-order chi connectivity index (χ0) is 13.2. The Balaban J connectivity index is 2.15. The highest BCUT2D eigenvalue weighted by Gasteiger charge is 2.38. The van der Waals surface area contributed by atoms with Crippen LogP contribution >= 0.6 is 0 Å². The van der Waals surface area contributed by atoms with E-state index in [4.69, 9.17) is 9.47 Å². The second-order valence-corrected chi connectivity index (χ2v) is 6.33. The predicted molar refractivity (Wildman–Crippen MR) is 66.7 cm³/mol. The van der Waals surface area contributed by atoms with Gasteiger partial charge in [-0.3, -0.25) is 0 Å². The van der Waals surface area contributed by atoms with Crippen molar-refractivity contribution in [1.82, 2.24) is 0 Å². The summed E-state index contributed by atoms with van der Waals surface area (Å²) in [6.07, 6.45) is -1.71. The fourth-order valence-electron chi connectivity index (χ4n) is 1.89. The summed E-state index contributed by atoms with van der Waals surface area (Å²) in [4.78, 5) is 0. The van der Waals surface area contributed by atoms with Gasteiger partial charge in [-0.25, -0.2) is 8.42 Å². The summed E-state index contributed by atoms with van der Waals surface area (Å²) in [6, 6.07) is 7.02. The largest absolute Gasteiger partial charge is 0.490 e. The van der Waals surface area contributed by atoms with Crippen molar-refractivity contribution in [2.24, 2.45) is 0 Å². The zero-order valence-electron chi connectivity index (χ0n) is 10.1. The molecule has 1 fully saturated rings. The summed E-state index contributed by atoms with van der Waals surface area (Å²) in [5, 5.41) is 9.66. The first-order valence-corrected chi connectivity index (χ1v) is 7.61. The minimum atomic E-state index is -3.21. The third-order valence-electron chi connectivity index (χ3n) is 2.70. The van der Waals surface area contributed by atoms with Gasteiger partial charge in [-0.2, -0.15) is 0 Å². The lowest BCUT2D eigenvalue weighted by atomic mass is 10.2. The Morgan fingerprint density at radius 1 is 1.28 bits per heavy atom. The lowest BCUT2D eigenvalue weighted by molar-refractivity contribution is 0.0714. The fourth-order valence-corrected chi connectivity index (χ4v) is 3.56. The molecule has 1 saturated heterocycles. The molecule has 1 aliphatic heterocycles. The van der Waals surface area contributed by atoms with Crippen LogP contribution in [0.3, 0.4) is 0 Å². The van der Waals surface area contributed by atoms with Gasteiger partial charge in [0.15, 0.2) is 21.3 Å². The van der Waals surface area contributed by atoms with Gasteiger partial charge in [-0.05, 0) is 19.1 Å². The number of ether oxygens (including phenoxy) is 2. The lowest BCUT2D eigenvalue weighted by Crippen LogP contribution is -2.29. The number of hydrogen-bond donors (Lipinski definition) is 1. The van der Waals surface area contributed by atoms with Crippen LogP contribution < -0.4 is 9.47 Å². The van der Waals surface area contributed by atoms with Crippen molar-refractivity contribution < 1.29 is 23.0 Å². The molecule has 2 rings (SSSR count). The summed E-state index contributed by atoms with van der Waals surface area (Å²) in [6.45, 7) is 2.34. The summed E-state index contributed by atoms with van der Waals surface area (Å²) in [7, 11) is -3.21. The number of aliphatic hydroxyl groups is 1. The number of sulfone groups is 1. The molecular weight excluding hydrogens is 256 g/mol. The summed E-state index contributed by atoms with van der Waals surface area (Å²) >= 11 is 0. The summed E-state index contributed by atoms with van der Waals surface area (Å²) in [5.74, 6) is 0.611. The lowest BCUT2D eigenvalue weighted by Gasteiger charge is -2.18. The van der Waals surface area contributed by atoms with Gasteiger partial charge >= 0.3 is 0 Å². The number of hydrogen-bond acceptors (Lipinski definition) is 5. The van der Waals surface area contributed by atoms with E-state index in [1.54, 1.807) is 24.3 Å². The van der Waals surface area contributed by atoms with E-state index in [-0.39, 0.29) is 11.5 Å². The van der Waals surface area contributed by atoms with Crippen LogP contribution in [-0.4, -0.2) is 43.8 Å². The second kappa shape index (κ2) is 5.16. The second-order valence-electron chi connectivity index (χ2n) is 4.18. The maximum atomic E-state index is 11.4. The SMILES string of the molecule is CCOc1ccccc1OC1CS(=O)(=O)CC1O. The molecule has 0 aromatic heterocycles. The van der Waals surface area contributed by atoms with Gasteiger partial charge in [0.25, 0.3) is 0 Å². The molecule has 2 atom stereocenters. The Labute approximate surface area is 106 Å². The fraction of sp³-hybridized carbons (Fsp3) is 0.500. The topological polar surface area (TPSA) is 72.8 Å².